The molecule has 1 aliphatic heterocycles. The van der Waals surface area contributed by atoms with E-state index in [1.54, 1.807) is 6.92 Å². The Kier molecular flexibility index (Phi) is 3.56. The molecule has 3 nitrogen and oxygen atoms in total. The lowest BCUT2D eigenvalue weighted by Crippen LogP contribution is -2.31. The second-order valence-electron chi connectivity index (χ2n) is 5.60. The first-order valence-corrected chi connectivity index (χ1v) is 7.04. The summed E-state index contributed by atoms with van der Waals surface area (Å²) in [6.45, 7) is 4.47. The third kappa shape index (κ3) is 2.54. The van der Waals surface area contributed by atoms with Gasteiger partial charge in [-0.2, -0.15) is 0 Å². The topological polar surface area (TPSA) is 32.3 Å². The van der Waals surface area contributed by atoms with E-state index in [1.807, 2.05) is 25.1 Å². The van der Waals surface area contributed by atoms with Gasteiger partial charge < -0.3 is 10.2 Å². The van der Waals surface area contributed by atoms with E-state index in [-0.39, 0.29) is 0 Å². The molecule has 2 aromatic carbocycles. The Balaban J connectivity index is 1.79. The third-order valence-corrected chi connectivity index (χ3v) is 3.92. The van der Waals surface area contributed by atoms with Crippen LogP contribution in [0.5, 0.6) is 0 Å². The van der Waals surface area contributed by atoms with Crippen LogP contribution < -0.4 is 5.32 Å². The molecule has 22 heavy (non-hydrogen) atoms. The van der Waals surface area contributed by atoms with Gasteiger partial charge in [-0.15, -0.1) is 0 Å². The Morgan fingerprint density at radius 1 is 1.14 bits per heavy atom. The van der Waals surface area contributed by atoms with E-state index in [9.17, 15) is 13.6 Å². The number of anilines is 1. The first kappa shape index (κ1) is 14.5. The Bertz CT molecular complexity index is 735. The lowest BCUT2D eigenvalue weighted by atomic mass is 10.1. The number of rotatable bonds is 1. The van der Waals surface area contributed by atoms with Crippen LogP contribution in [0.15, 0.2) is 30.3 Å². The molecule has 0 radical (unpaired) electrons. The minimum Gasteiger partial charge on any atom is -0.316 e. The van der Waals surface area contributed by atoms with Crippen LogP contribution in [0.4, 0.5) is 19.3 Å². The average Bonchev–Trinajstić information content (AvgIpc) is 2.88. The number of amides is 2. The van der Waals surface area contributed by atoms with Crippen molar-refractivity contribution in [2.24, 2.45) is 0 Å². The minimum absolute atomic E-state index is 0.400. The first-order valence-electron chi connectivity index (χ1n) is 7.04. The summed E-state index contributed by atoms with van der Waals surface area (Å²) >= 11 is 0. The molecule has 0 fully saturated rings. The van der Waals surface area contributed by atoms with Crippen molar-refractivity contribution < 1.29 is 13.6 Å². The molecule has 2 amide bonds. The molecule has 1 N–H and O–H groups in total. The van der Waals surface area contributed by atoms with Crippen molar-refractivity contribution in [3.05, 3.63) is 64.2 Å². The highest BCUT2D eigenvalue weighted by molar-refractivity contribution is 5.90. The molecule has 0 bridgehead atoms. The van der Waals surface area contributed by atoms with E-state index in [0.717, 1.165) is 16.7 Å². The fourth-order valence-corrected chi connectivity index (χ4v) is 2.74. The highest BCUT2D eigenvalue weighted by Gasteiger charge is 2.25. The molecule has 1 heterocycles. The molecule has 0 aliphatic carbocycles. The SMILES string of the molecule is Cc1cc(F)c(NC(=O)N2Cc3cccc(C)c3C2)c(F)c1. The molecule has 0 spiro atoms. The van der Waals surface area contributed by atoms with Gasteiger partial charge in [0.2, 0.25) is 0 Å². The van der Waals surface area contributed by atoms with Crippen LogP contribution in [0.25, 0.3) is 0 Å². The fraction of sp³-hybridized carbons (Fsp3) is 0.235. The zero-order chi connectivity index (χ0) is 15.9. The number of halogens is 2. The third-order valence-electron chi connectivity index (χ3n) is 3.92. The standard InChI is InChI=1S/C17H16F2N2O/c1-10-6-14(18)16(15(19)7-10)20-17(22)21-8-12-5-3-4-11(2)13(12)9-21/h3-7H,8-9H2,1-2H3,(H,20,22). The Morgan fingerprint density at radius 2 is 1.82 bits per heavy atom. The summed E-state index contributed by atoms with van der Waals surface area (Å²) in [7, 11) is 0. The first-order chi connectivity index (χ1) is 10.5. The zero-order valence-electron chi connectivity index (χ0n) is 12.4. The van der Waals surface area contributed by atoms with Gasteiger partial charge in [0, 0.05) is 13.1 Å². The van der Waals surface area contributed by atoms with Crippen molar-refractivity contribution in [1.29, 1.82) is 0 Å². The van der Waals surface area contributed by atoms with Crippen molar-refractivity contribution in [2.75, 3.05) is 5.32 Å². The second-order valence-corrected chi connectivity index (χ2v) is 5.60. The summed E-state index contributed by atoms with van der Waals surface area (Å²) in [5.74, 6) is -1.53. The maximum absolute atomic E-state index is 13.8. The number of aryl methyl sites for hydroxylation is 2. The van der Waals surface area contributed by atoms with Crippen LogP contribution in [-0.4, -0.2) is 10.9 Å². The maximum atomic E-state index is 13.8. The predicted molar refractivity (Wildman–Crippen MR) is 80.5 cm³/mol. The lowest BCUT2D eigenvalue weighted by molar-refractivity contribution is 0.212. The average molecular weight is 302 g/mol. The number of nitrogens with zero attached hydrogens (tertiary/aromatic N) is 1. The smallest absolute Gasteiger partial charge is 0.316 e. The fourth-order valence-electron chi connectivity index (χ4n) is 2.74. The summed E-state index contributed by atoms with van der Waals surface area (Å²) in [6.07, 6.45) is 0. The Morgan fingerprint density at radius 3 is 2.45 bits per heavy atom. The molecule has 5 heteroatoms. The van der Waals surface area contributed by atoms with E-state index in [4.69, 9.17) is 0 Å². The Hall–Kier alpha value is -2.43. The number of hydrogen-bond donors (Lipinski definition) is 1. The van der Waals surface area contributed by atoms with Gasteiger partial charge in [-0.3, -0.25) is 0 Å². The lowest BCUT2D eigenvalue weighted by Gasteiger charge is -2.17. The van der Waals surface area contributed by atoms with Gasteiger partial charge in [0.05, 0.1) is 0 Å². The maximum Gasteiger partial charge on any atom is 0.322 e. The van der Waals surface area contributed by atoms with E-state index >= 15 is 0 Å². The molecular formula is C17H16F2N2O. The normalized spacial score (nSPS) is 13.2. The van der Waals surface area contributed by atoms with Gasteiger partial charge in [-0.1, -0.05) is 18.2 Å². The largest absolute Gasteiger partial charge is 0.322 e. The summed E-state index contributed by atoms with van der Waals surface area (Å²) in [4.78, 5) is 13.8. The van der Waals surface area contributed by atoms with Crippen molar-refractivity contribution in [3.63, 3.8) is 0 Å². The number of fused-ring (bicyclic) bond motifs is 1. The van der Waals surface area contributed by atoms with Gasteiger partial charge in [0.25, 0.3) is 0 Å². The van der Waals surface area contributed by atoms with Crippen molar-refractivity contribution in [2.45, 2.75) is 26.9 Å². The highest BCUT2D eigenvalue weighted by Crippen LogP contribution is 2.27. The number of benzene rings is 2. The quantitative estimate of drug-likeness (QED) is 0.844. The summed E-state index contributed by atoms with van der Waals surface area (Å²) < 4.78 is 27.6. The monoisotopic (exact) mass is 302 g/mol. The van der Waals surface area contributed by atoms with Crippen LogP contribution in [-0.2, 0) is 13.1 Å². The Labute approximate surface area is 127 Å². The highest BCUT2D eigenvalue weighted by atomic mass is 19.1. The van der Waals surface area contributed by atoms with Crippen molar-refractivity contribution in [1.82, 2.24) is 4.90 Å². The van der Waals surface area contributed by atoms with Crippen molar-refractivity contribution >= 4 is 11.7 Å². The van der Waals surface area contributed by atoms with Crippen molar-refractivity contribution in [3.8, 4) is 0 Å². The molecule has 0 saturated heterocycles. The van der Waals surface area contributed by atoms with E-state index < -0.39 is 23.4 Å². The molecule has 0 unspecified atom stereocenters. The van der Waals surface area contributed by atoms with Gasteiger partial charge >= 0.3 is 6.03 Å². The van der Waals surface area contributed by atoms with Gasteiger partial charge in [-0.05, 0) is 48.2 Å². The van der Waals surface area contributed by atoms with Crippen LogP contribution in [0, 0.1) is 25.5 Å². The number of urea groups is 1. The molecule has 0 atom stereocenters. The summed E-state index contributed by atoms with van der Waals surface area (Å²) in [5, 5.41) is 2.34. The number of carbonyl (C=O) groups excluding carboxylic acids is 1. The zero-order valence-corrected chi connectivity index (χ0v) is 12.4. The van der Waals surface area contributed by atoms with Crippen LogP contribution in [0.1, 0.15) is 22.3 Å². The molecule has 114 valence electrons. The van der Waals surface area contributed by atoms with E-state index in [0.29, 0.717) is 18.7 Å². The molecule has 2 aromatic rings. The number of nitrogens with one attached hydrogen (secondary N) is 1. The van der Waals surface area contributed by atoms with E-state index in [1.165, 1.54) is 17.0 Å². The van der Waals surface area contributed by atoms with E-state index in [2.05, 4.69) is 5.32 Å². The summed E-state index contributed by atoms with van der Waals surface area (Å²) in [5.41, 5.74) is 3.35. The van der Waals surface area contributed by atoms with Crippen LogP contribution in [0.2, 0.25) is 0 Å². The van der Waals surface area contributed by atoms with Crippen LogP contribution >= 0.6 is 0 Å². The molecular weight excluding hydrogens is 286 g/mol. The second kappa shape index (κ2) is 5.40. The van der Waals surface area contributed by atoms with Gasteiger partial charge in [-0.25, -0.2) is 13.6 Å². The molecule has 3 rings (SSSR count). The van der Waals surface area contributed by atoms with Gasteiger partial charge in [0.15, 0.2) is 0 Å². The van der Waals surface area contributed by atoms with Gasteiger partial charge in [0.1, 0.15) is 17.3 Å². The molecule has 0 aromatic heterocycles. The van der Waals surface area contributed by atoms with Crippen LogP contribution in [0.3, 0.4) is 0 Å². The molecule has 0 saturated carbocycles. The number of carbonyl (C=O) groups is 1. The number of hydrogen-bond acceptors (Lipinski definition) is 1. The minimum atomic E-state index is -0.765. The predicted octanol–water partition coefficient (Wildman–Crippen LogP) is 4.13. The molecule has 1 aliphatic rings. The summed E-state index contributed by atoms with van der Waals surface area (Å²) in [6, 6.07) is 7.78.